The molecule has 0 aromatic heterocycles. The first kappa shape index (κ1) is 34.3. The highest BCUT2D eigenvalue weighted by molar-refractivity contribution is 6.16. The van der Waals surface area contributed by atoms with Crippen LogP contribution in [0.2, 0.25) is 0 Å². The van der Waals surface area contributed by atoms with E-state index in [0.717, 1.165) is 39.5 Å². The summed E-state index contributed by atoms with van der Waals surface area (Å²) in [5.41, 5.74) is 14.5. The van der Waals surface area contributed by atoms with Crippen LogP contribution in [0.4, 0.5) is 38.5 Å². The highest BCUT2D eigenvalue weighted by atomic mass is 19.1. The monoisotopic (exact) mass is 748 g/mol. The van der Waals surface area contributed by atoms with Gasteiger partial charge in [0, 0.05) is 22.4 Å². The summed E-state index contributed by atoms with van der Waals surface area (Å²) in [6.07, 6.45) is 0. The summed E-state index contributed by atoms with van der Waals surface area (Å²) in [5.74, 6) is -0.259. The van der Waals surface area contributed by atoms with E-state index in [0.29, 0.717) is 0 Å². The minimum absolute atomic E-state index is 0.00414. The van der Waals surface area contributed by atoms with Gasteiger partial charge in [-0.15, -0.1) is 0 Å². The first-order valence-electron chi connectivity index (χ1n) is 20.1. The smallest absolute Gasteiger partial charge is 0.123 e. The Hall–Kier alpha value is -6.97. The standard InChI is InChI=1S/C55H41FN2/c1-54(2,3)37-26-30-40(31-27-37)57(41-32-28-38(56)29-33-41)51-35-48-53(44-20-10-9-19-43(44)51)52-42-18-8-7-15-36(42)25-34-47(52)55(48)45-21-11-13-23-49(45)58(39-16-5-4-6-17-39)50-24-14-12-22-46(50)55/h4-35H,1-3H3. The van der Waals surface area contributed by atoms with E-state index in [-0.39, 0.29) is 11.2 Å². The number of rotatable bonds is 4. The molecule has 1 spiro atoms. The van der Waals surface area contributed by atoms with Gasteiger partial charge in [0.05, 0.1) is 22.5 Å². The number of nitrogens with zero attached hydrogens (tertiary/aromatic N) is 2. The van der Waals surface area contributed by atoms with Crippen molar-refractivity contribution in [3.8, 4) is 11.1 Å². The van der Waals surface area contributed by atoms with Gasteiger partial charge >= 0.3 is 0 Å². The van der Waals surface area contributed by atoms with E-state index < -0.39 is 5.41 Å². The zero-order chi connectivity index (χ0) is 39.2. The average Bonchev–Trinajstić information content (AvgIpc) is 3.56. The van der Waals surface area contributed by atoms with Crippen molar-refractivity contribution in [1.29, 1.82) is 0 Å². The van der Waals surface area contributed by atoms with Gasteiger partial charge in [-0.25, -0.2) is 4.39 Å². The SMILES string of the molecule is CC(C)(C)c1ccc(N(c2ccc(F)cc2)c2cc3c(c4ccccc24)-c2c(ccc4ccccc24)C32c3ccccc3N(c3ccccc3)c3ccccc32)cc1. The molecule has 0 radical (unpaired) electrons. The molecular formula is C55H41FN2. The lowest BCUT2D eigenvalue weighted by molar-refractivity contribution is 0.590. The summed E-state index contributed by atoms with van der Waals surface area (Å²) >= 11 is 0. The molecule has 11 rings (SSSR count). The minimum atomic E-state index is -0.670. The molecule has 58 heavy (non-hydrogen) atoms. The largest absolute Gasteiger partial charge is 0.310 e. The van der Waals surface area contributed by atoms with Gasteiger partial charge in [-0.05, 0) is 127 Å². The molecule has 0 amide bonds. The number of fused-ring (bicyclic) bond motifs is 13. The van der Waals surface area contributed by atoms with Crippen molar-refractivity contribution in [2.45, 2.75) is 31.6 Å². The van der Waals surface area contributed by atoms with Crippen LogP contribution in [-0.4, -0.2) is 0 Å². The van der Waals surface area contributed by atoms with Crippen LogP contribution in [0.3, 0.4) is 0 Å². The van der Waals surface area contributed by atoms with Crippen molar-refractivity contribution in [3.63, 3.8) is 0 Å². The lowest BCUT2D eigenvalue weighted by Gasteiger charge is -2.45. The molecule has 0 N–H and O–H groups in total. The Balaban J connectivity index is 1.30. The Morgan fingerprint density at radius 1 is 0.466 bits per heavy atom. The Bertz CT molecular complexity index is 3000. The fraction of sp³-hybridized carbons (Fsp3) is 0.0909. The number of para-hydroxylation sites is 3. The third kappa shape index (κ3) is 4.89. The molecule has 2 nitrogen and oxygen atoms in total. The van der Waals surface area contributed by atoms with Gasteiger partial charge in [0.2, 0.25) is 0 Å². The molecule has 1 aliphatic heterocycles. The number of anilines is 6. The molecule has 0 saturated carbocycles. The van der Waals surface area contributed by atoms with Crippen molar-refractivity contribution >= 4 is 55.7 Å². The van der Waals surface area contributed by atoms with Crippen LogP contribution in [0.15, 0.2) is 194 Å². The Morgan fingerprint density at radius 2 is 1.00 bits per heavy atom. The molecular weight excluding hydrogens is 708 g/mol. The van der Waals surface area contributed by atoms with Crippen LogP contribution in [0.5, 0.6) is 0 Å². The molecule has 0 fully saturated rings. The molecule has 1 aliphatic carbocycles. The average molecular weight is 749 g/mol. The van der Waals surface area contributed by atoms with Gasteiger partial charge in [0.15, 0.2) is 0 Å². The summed E-state index contributed by atoms with van der Waals surface area (Å²) in [7, 11) is 0. The van der Waals surface area contributed by atoms with Crippen molar-refractivity contribution in [3.05, 3.63) is 228 Å². The number of halogens is 1. The Labute approximate surface area is 339 Å². The molecule has 0 saturated heterocycles. The molecule has 278 valence electrons. The second-order valence-electron chi connectivity index (χ2n) is 16.6. The van der Waals surface area contributed by atoms with Crippen LogP contribution in [-0.2, 0) is 10.8 Å². The first-order chi connectivity index (χ1) is 28.3. The molecule has 0 bridgehead atoms. The van der Waals surface area contributed by atoms with Crippen LogP contribution < -0.4 is 9.80 Å². The fourth-order valence-corrected chi connectivity index (χ4v) is 9.91. The summed E-state index contributed by atoms with van der Waals surface area (Å²) in [5, 5.41) is 4.77. The summed E-state index contributed by atoms with van der Waals surface area (Å²) in [4.78, 5) is 4.75. The van der Waals surface area contributed by atoms with Crippen molar-refractivity contribution in [2.24, 2.45) is 0 Å². The molecule has 3 heteroatoms. The van der Waals surface area contributed by atoms with Crippen LogP contribution in [0, 0.1) is 5.82 Å². The summed E-state index contributed by atoms with van der Waals surface area (Å²) in [6.45, 7) is 6.73. The number of hydrogen-bond acceptors (Lipinski definition) is 2. The minimum Gasteiger partial charge on any atom is -0.310 e. The van der Waals surface area contributed by atoms with Gasteiger partial charge in [-0.1, -0.05) is 148 Å². The molecule has 0 atom stereocenters. The van der Waals surface area contributed by atoms with E-state index in [2.05, 4.69) is 200 Å². The summed E-state index contributed by atoms with van der Waals surface area (Å²) in [6, 6.07) is 69.3. The fourth-order valence-electron chi connectivity index (χ4n) is 9.91. The number of hydrogen-bond donors (Lipinski definition) is 0. The molecule has 1 heterocycles. The van der Waals surface area contributed by atoms with E-state index >= 15 is 0 Å². The predicted molar refractivity (Wildman–Crippen MR) is 240 cm³/mol. The zero-order valence-corrected chi connectivity index (χ0v) is 32.7. The molecule has 0 unspecified atom stereocenters. The second kappa shape index (κ2) is 12.8. The maximum absolute atomic E-state index is 14.7. The second-order valence-corrected chi connectivity index (χ2v) is 16.6. The lowest BCUT2D eigenvalue weighted by Crippen LogP contribution is -2.36. The maximum Gasteiger partial charge on any atom is 0.123 e. The topological polar surface area (TPSA) is 6.48 Å². The van der Waals surface area contributed by atoms with E-state index in [1.807, 2.05) is 12.1 Å². The van der Waals surface area contributed by atoms with Crippen LogP contribution in [0.1, 0.15) is 48.6 Å². The molecule has 9 aromatic rings. The van der Waals surface area contributed by atoms with Gasteiger partial charge in [-0.3, -0.25) is 0 Å². The van der Waals surface area contributed by atoms with E-state index in [4.69, 9.17) is 0 Å². The zero-order valence-electron chi connectivity index (χ0n) is 32.7. The van der Waals surface area contributed by atoms with Crippen molar-refractivity contribution < 1.29 is 4.39 Å². The van der Waals surface area contributed by atoms with Crippen molar-refractivity contribution in [1.82, 2.24) is 0 Å². The van der Waals surface area contributed by atoms with Gasteiger partial charge in [0.25, 0.3) is 0 Å². The van der Waals surface area contributed by atoms with E-state index in [1.54, 1.807) is 12.1 Å². The summed E-state index contributed by atoms with van der Waals surface area (Å²) < 4.78 is 14.7. The normalized spacial score (nSPS) is 13.6. The quantitative estimate of drug-likeness (QED) is 0.177. The highest BCUT2D eigenvalue weighted by Gasteiger charge is 2.53. The maximum atomic E-state index is 14.7. The van der Waals surface area contributed by atoms with Gasteiger partial charge in [0.1, 0.15) is 5.82 Å². The predicted octanol–water partition coefficient (Wildman–Crippen LogP) is 15.0. The molecule has 2 aliphatic rings. The number of benzene rings is 9. The highest BCUT2D eigenvalue weighted by Crippen LogP contribution is 2.66. The van der Waals surface area contributed by atoms with Gasteiger partial charge in [-0.2, -0.15) is 0 Å². The van der Waals surface area contributed by atoms with Crippen LogP contribution >= 0.6 is 0 Å². The van der Waals surface area contributed by atoms with Gasteiger partial charge < -0.3 is 9.80 Å². The van der Waals surface area contributed by atoms with Crippen LogP contribution in [0.25, 0.3) is 32.7 Å². The van der Waals surface area contributed by atoms with E-state index in [9.17, 15) is 4.39 Å². The van der Waals surface area contributed by atoms with E-state index in [1.165, 1.54) is 55.1 Å². The molecule has 9 aromatic carbocycles. The third-order valence-corrected chi connectivity index (χ3v) is 12.4. The first-order valence-corrected chi connectivity index (χ1v) is 20.1. The lowest BCUT2D eigenvalue weighted by atomic mass is 9.64. The third-order valence-electron chi connectivity index (χ3n) is 12.4. The Kier molecular flexibility index (Phi) is 7.55. The van der Waals surface area contributed by atoms with Crippen molar-refractivity contribution in [2.75, 3.05) is 9.80 Å². The Morgan fingerprint density at radius 3 is 1.66 bits per heavy atom.